The van der Waals surface area contributed by atoms with Gasteiger partial charge in [-0.1, -0.05) is 18.2 Å². The van der Waals surface area contributed by atoms with Gasteiger partial charge in [-0.05, 0) is 45.4 Å². The van der Waals surface area contributed by atoms with Crippen molar-refractivity contribution in [1.29, 1.82) is 0 Å². The average Bonchev–Trinajstić information content (AvgIpc) is 3.04. The summed E-state index contributed by atoms with van der Waals surface area (Å²) in [6.07, 6.45) is 3.56. The Labute approximate surface area is 136 Å². The molecule has 2 heterocycles. The van der Waals surface area contributed by atoms with E-state index >= 15 is 0 Å². The highest BCUT2D eigenvalue weighted by Crippen LogP contribution is 2.23. The molecule has 3 aromatic rings. The van der Waals surface area contributed by atoms with Gasteiger partial charge in [0.1, 0.15) is 5.82 Å². The minimum Gasteiger partial charge on any atom is -0.327 e. The number of benzene rings is 1. The van der Waals surface area contributed by atoms with Gasteiger partial charge >= 0.3 is 0 Å². The summed E-state index contributed by atoms with van der Waals surface area (Å²) in [6, 6.07) is 10.2. The van der Waals surface area contributed by atoms with Crippen LogP contribution in [0.2, 0.25) is 0 Å². The summed E-state index contributed by atoms with van der Waals surface area (Å²) in [5.74, 6) is 0.963. The largest absolute Gasteiger partial charge is 0.327 e. The fourth-order valence-corrected chi connectivity index (χ4v) is 3.04. The Bertz CT molecular complexity index is 871. The average molecular weight is 307 g/mol. The number of aromatic nitrogens is 3. The first-order valence-corrected chi connectivity index (χ1v) is 7.75. The van der Waals surface area contributed by atoms with Crippen LogP contribution in [-0.2, 0) is 6.54 Å². The molecule has 0 fully saturated rings. The Balaban J connectivity index is 2.00. The Hall–Kier alpha value is -2.62. The molecule has 4 heteroatoms. The smallest absolute Gasteiger partial charge is 0.184 e. The third kappa shape index (κ3) is 2.72. The first-order valence-electron chi connectivity index (χ1n) is 7.75. The number of carbonyl (C=O) groups excluding carboxylic acids is 1. The zero-order valence-corrected chi connectivity index (χ0v) is 14.0. The van der Waals surface area contributed by atoms with E-state index in [-0.39, 0.29) is 5.78 Å². The Kier molecular flexibility index (Phi) is 3.90. The number of hydrogen-bond donors (Lipinski definition) is 0. The highest BCUT2D eigenvalue weighted by molar-refractivity contribution is 5.97. The fourth-order valence-electron chi connectivity index (χ4n) is 3.04. The van der Waals surface area contributed by atoms with E-state index in [1.54, 1.807) is 6.20 Å². The van der Waals surface area contributed by atoms with Crippen LogP contribution in [0.3, 0.4) is 0 Å². The normalized spacial score (nSPS) is 11.0. The Morgan fingerprint density at radius 1 is 1.13 bits per heavy atom. The van der Waals surface area contributed by atoms with Crippen LogP contribution in [0.15, 0.2) is 42.7 Å². The predicted octanol–water partition coefficient (Wildman–Crippen LogP) is 3.79. The van der Waals surface area contributed by atoms with Crippen LogP contribution in [-0.4, -0.2) is 19.9 Å². The van der Waals surface area contributed by atoms with Crippen LogP contribution in [0, 0.1) is 27.7 Å². The number of hydrogen-bond acceptors (Lipinski definition) is 2. The Morgan fingerprint density at radius 2 is 1.87 bits per heavy atom. The minimum absolute atomic E-state index is 0.110. The van der Waals surface area contributed by atoms with E-state index < -0.39 is 0 Å². The van der Waals surface area contributed by atoms with E-state index in [1.165, 1.54) is 5.56 Å². The van der Waals surface area contributed by atoms with Gasteiger partial charge in [0.15, 0.2) is 5.78 Å². The van der Waals surface area contributed by atoms with Crippen LogP contribution in [0.4, 0.5) is 0 Å². The maximum atomic E-state index is 12.7. The summed E-state index contributed by atoms with van der Waals surface area (Å²) >= 11 is 0. The second-order valence-electron chi connectivity index (χ2n) is 5.93. The van der Waals surface area contributed by atoms with Gasteiger partial charge < -0.3 is 9.13 Å². The topological polar surface area (TPSA) is 39.8 Å². The monoisotopic (exact) mass is 307 g/mol. The number of rotatable bonds is 4. The molecule has 0 aliphatic carbocycles. The van der Waals surface area contributed by atoms with E-state index in [4.69, 9.17) is 0 Å². The zero-order chi connectivity index (χ0) is 16.6. The molecule has 0 saturated carbocycles. The second kappa shape index (κ2) is 5.88. The molecule has 0 spiro atoms. The van der Waals surface area contributed by atoms with Gasteiger partial charge in [0, 0.05) is 35.0 Å². The van der Waals surface area contributed by atoms with Crippen molar-refractivity contribution >= 4 is 5.78 Å². The van der Waals surface area contributed by atoms with E-state index in [0.717, 1.165) is 28.5 Å². The van der Waals surface area contributed by atoms with Crippen molar-refractivity contribution in [3.8, 4) is 5.69 Å². The summed E-state index contributed by atoms with van der Waals surface area (Å²) < 4.78 is 4.03. The number of aryl methyl sites for hydroxylation is 3. The first-order chi connectivity index (χ1) is 11.0. The van der Waals surface area contributed by atoms with Gasteiger partial charge in [0.05, 0.1) is 6.54 Å². The van der Waals surface area contributed by atoms with Crippen LogP contribution >= 0.6 is 0 Å². The van der Waals surface area contributed by atoms with Crippen molar-refractivity contribution in [2.75, 3.05) is 0 Å². The van der Waals surface area contributed by atoms with Crippen molar-refractivity contribution in [1.82, 2.24) is 14.1 Å². The van der Waals surface area contributed by atoms with Crippen molar-refractivity contribution < 1.29 is 4.79 Å². The number of nitrogens with zero attached hydrogens (tertiary/aromatic N) is 3. The van der Waals surface area contributed by atoms with Crippen molar-refractivity contribution in [2.24, 2.45) is 0 Å². The molecule has 0 N–H and O–H groups in total. The summed E-state index contributed by atoms with van der Waals surface area (Å²) in [6.45, 7) is 8.37. The van der Waals surface area contributed by atoms with E-state index in [9.17, 15) is 4.79 Å². The lowest BCUT2D eigenvalue weighted by Crippen LogP contribution is -2.12. The molecule has 0 bridgehead atoms. The van der Waals surface area contributed by atoms with Crippen molar-refractivity contribution in [3.63, 3.8) is 0 Å². The molecule has 0 amide bonds. The van der Waals surface area contributed by atoms with Crippen LogP contribution in [0.25, 0.3) is 5.69 Å². The van der Waals surface area contributed by atoms with Gasteiger partial charge in [-0.25, -0.2) is 4.98 Å². The molecular formula is C19H21N3O. The summed E-state index contributed by atoms with van der Waals surface area (Å²) in [5, 5.41) is 0. The van der Waals surface area contributed by atoms with E-state index in [2.05, 4.69) is 28.6 Å². The Morgan fingerprint density at radius 3 is 2.52 bits per heavy atom. The number of ketones is 1. The molecule has 0 aliphatic heterocycles. The number of Topliss-reactive ketones (excluding diaryl/α,β-unsaturated/α-hetero) is 1. The standard InChI is InChI=1S/C19H21N3O/c1-13-7-5-6-8-18(13)22-14(2)11-17(15(22)3)19(23)12-21-10-9-20-16(21)4/h5-11H,12H2,1-4H3. The zero-order valence-electron chi connectivity index (χ0n) is 14.0. The maximum Gasteiger partial charge on any atom is 0.184 e. The molecule has 4 nitrogen and oxygen atoms in total. The number of carbonyl (C=O) groups is 1. The van der Waals surface area contributed by atoms with E-state index in [1.807, 2.05) is 49.7 Å². The van der Waals surface area contributed by atoms with Gasteiger partial charge in [-0.15, -0.1) is 0 Å². The van der Waals surface area contributed by atoms with Gasteiger partial charge in [-0.2, -0.15) is 0 Å². The maximum absolute atomic E-state index is 12.7. The van der Waals surface area contributed by atoms with Crippen molar-refractivity contribution in [2.45, 2.75) is 34.2 Å². The lowest BCUT2D eigenvalue weighted by atomic mass is 10.1. The predicted molar refractivity (Wildman–Crippen MR) is 91.3 cm³/mol. The molecule has 2 aromatic heterocycles. The molecule has 3 rings (SSSR count). The van der Waals surface area contributed by atoms with Gasteiger partial charge in [0.25, 0.3) is 0 Å². The summed E-state index contributed by atoms with van der Waals surface area (Å²) in [4.78, 5) is 16.9. The van der Waals surface area contributed by atoms with Crippen LogP contribution < -0.4 is 0 Å². The summed E-state index contributed by atoms with van der Waals surface area (Å²) in [7, 11) is 0. The molecule has 0 unspecified atom stereocenters. The quantitative estimate of drug-likeness (QED) is 0.688. The summed E-state index contributed by atoms with van der Waals surface area (Å²) in [5.41, 5.74) is 5.15. The highest BCUT2D eigenvalue weighted by Gasteiger charge is 2.18. The van der Waals surface area contributed by atoms with Crippen LogP contribution in [0.1, 0.15) is 33.1 Å². The minimum atomic E-state index is 0.110. The lowest BCUT2D eigenvalue weighted by Gasteiger charge is -2.12. The third-order valence-corrected chi connectivity index (χ3v) is 4.33. The highest BCUT2D eigenvalue weighted by atomic mass is 16.1. The van der Waals surface area contributed by atoms with Crippen LogP contribution in [0.5, 0.6) is 0 Å². The molecule has 0 aliphatic rings. The number of para-hydroxylation sites is 1. The molecule has 0 saturated heterocycles. The SMILES string of the molecule is Cc1ccccc1-n1c(C)cc(C(=O)Cn2ccnc2C)c1C. The second-order valence-corrected chi connectivity index (χ2v) is 5.93. The molecule has 0 radical (unpaired) electrons. The first kappa shape index (κ1) is 15.3. The van der Waals surface area contributed by atoms with Gasteiger partial charge in [-0.3, -0.25) is 4.79 Å². The fraction of sp³-hybridized carbons (Fsp3) is 0.263. The number of imidazole rings is 1. The molecule has 118 valence electrons. The molecule has 23 heavy (non-hydrogen) atoms. The lowest BCUT2D eigenvalue weighted by molar-refractivity contribution is 0.0970. The molecule has 0 atom stereocenters. The third-order valence-electron chi connectivity index (χ3n) is 4.33. The molecular weight excluding hydrogens is 286 g/mol. The van der Waals surface area contributed by atoms with Crippen molar-refractivity contribution in [3.05, 3.63) is 71.1 Å². The van der Waals surface area contributed by atoms with Gasteiger partial charge in [0.2, 0.25) is 0 Å². The van der Waals surface area contributed by atoms with E-state index in [0.29, 0.717) is 6.54 Å². The molecule has 1 aromatic carbocycles.